The molecule has 2 aromatic carbocycles. The number of hydrogen-bond donors (Lipinski definition) is 2. The van der Waals surface area contributed by atoms with Crippen LogP contribution in [0.1, 0.15) is 46.3 Å². The second-order valence-electron chi connectivity index (χ2n) is 8.69. The van der Waals surface area contributed by atoms with E-state index < -0.39 is 5.97 Å². The number of carbonyl (C=O) groups is 2. The van der Waals surface area contributed by atoms with Crippen LogP contribution < -0.4 is 5.32 Å². The van der Waals surface area contributed by atoms with Gasteiger partial charge in [0.05, 0.1) is 11.3 Å². The van der Waals surface area contributed by atoms with E-state index in [-0.39, 0.29) is 18.1 Å². The molecule has 0 spiro atoms. The van der Waals surface area contributed by atoms with Crippen LogP contribution in [0.2, 0.25) is 5.02 Å². The number of unbranched alkanes of at least 4 members (excludes halogenated alkanes) is 1. The first-order valence-electron chi connectivity index (χ1n) is 11.6. The molecule has 0 aliphatic carbocycles. The number of nitrogens with zero attached hydrogens (tertiary/aromatic N) is 2. The molecule has 0 aliphatic heterocycles. The van der Waals surface area contributed by atoms with Gasteiger partial charge in [0.25, 0.3) is 5.91 Å². The molecule has 0 atom stereocenters. The Morgan fingerprint density at radius 1 is 1.06 bits per heavy atom. The fraction of sp³-hybridized carbons (Fsp3) is 0.214. The number of benzene rings is 2. The number of rotatable bonds is 9. The number of carboxylic acid groups (broad SMARTS) is 1. The maximum atomic E-state index is 13.5. The maximum Gasteiger partial charge on any atom is 0.303 e. The molecule has 6 nitrogen and oxygen atoms in total. The van der Waals surface area contributed by atoms with Gasteiger partial charge in [0.2, 0.25) is 0 Å². The summed E-state index contributed by atoms with van der Waals surface area (Å²) in [6.07, 6.45) is 3.34. The minimum Gasteiger partial charge on any atom is -0.481 e. The number of halogens is 2. The molecule has 4 rings (SSSR count). The van der Waals surface area contributed by atoms with Crippen molar-refractivity contribution < 1.29 is 19.1 Å². The van der Waals surface area contributed by atoms with Crippen LogP contribution in [0.5, 0.6) is 0 Å². The molecule has 2 aromatic heterocycles. The van der Waals surface area contributed by atoms with Crippen molar-refractivity contribution in [3.8, 4) is 11.3 Å². The first-order valence-corrected chi connectivity index (χ1v) is 12.0. The molecule has 1 amide bonds. The van der Waals surface area contributed by atoms with Crippen LogP contribution in [0.15, 0.2) is 60.8 Å². The summed E-state index contributed by atoms with van der Waals surface area (Å²) < 4.78 is 13.5. The molecule has 0 bridgehead atoms. The molecule has 4 aromatic rings. The van der Waals surface area contributed by atoms with E-state index in [0.29, 0.717) is 53.1 Å². The zero-order valence-corrected chi connectivity index (χ0v) is 20.5. The molecule has 0 saturated carbocycles. The highest BCUT2D eigenvalue weighted by Gasteiger charge is 2.14. The first-order chi connectivity index (χ1) is 17.3. The van der Waals surface area contributed by atoms with Crippen molar-refractivity contribution in [1.29, 1.82) is 0 Å². The molecule has 0 fully saturated rings. The average Bonchev–Trinajstić information content (AvgIpc) is 2.84. The fourth-order valence-electron chi connectivity index (χ4n) is 4.07. The van der Waals surface area contributed by atoms with Crippen LogP contribution in [0.25, 0.3) is 22.3 Å². The number of pyridine rings is 2. The van der Waals surface area contributed by atoms with Crippen molar-refractivity contribution in [2.24, 2.45) is 0 Å². The topological polar surface area (TPSA) is 92.2 Å². The number of aromatic nitrogens is 2. The van der Waals surface area contributed by atoms with Crippen LogP contribution in [0.3, 0.4) is 0 Å². The highest BCUT2D eigenvalue weighted by atomic mass is 35.5. The first kappa shape index (κ1) is 25.3. The van der Waals surface area contributed by atoms with Crippen molar-refractivity contribution >= 4 is 34.5 Å². The summed E-state index contributed by atoms with van der Waals surface area (Å²) in [5, 5.41) is 13.1. The van der Waals surface area contributed by atoms with Crippen LogP contribution in [0, 0.1) is 12.7 Å². The zero-order chi connectivity index (χ0) is 25.7. The predicted octanol–water partition coefficient (Wildman–Crippen LogP) is 6.13. The molecule has 0 saturated heterocycles. The van der Waals surface area contributed by atoms with Crippen molar-refractivity contribution in [2.45, 2.75) is 39.2 Å². The van der Waals surface area contributed by atoms with Crippen molar-refractivity contribution in [1.82, 2.24) is 15.3 Å². The number of nitrogens with one attached hydrogen (secondary N) is 1. The van der Waals surface area contributed by atoms with Gasteiger partial charge in [0.1, 0.15) is 5.82 Å². The largest absolute Gasteiger partial charge is 0.481 e. The smallest absolute Gasteiger partial charge is 0.303 e. The third-order valence-corrected chi connectivity index (χ3v) is 5.99. The Morgan fingerprint density at radius 2 is 1.83 bits per heavy atom. The molecule has 2 heterocycles. The minimum absolute atomic E-state index is 0.0882. The number of hydrogen-bond acceptors (Lipinski definition) is 4. The average molecular weight is 506 g/mol. The predicted molar refractivity (Wildman–Crippen MR) is 137 cm³/mol. The Kier molecular flexibility index (Phi) is 7.90. The quantitative estimate of drug-likeness (QED) is 0.267. The number of aliphatic carboxylic acids is 1. The Balaban J connectivity index is 1.60. The number of carboxylic acids is 1. The van der Waals surface area contributed by atoms with Gasteiger partial charge >= 0.3 is 5.97 Å². The summed E-state index contributed by atoms with van der Waals surface area (Å²) in [6, 6.07) is 15.3. The summed E-state index contributed by atoms with van der Waals surface area (Å²) in [5.74, 6) is -1.45. The summed E-state index contributed by atoms with van der Waals surface area (Å²) in [7, 11) is 0. The van der Waals surface area contributed by atoms with E-state index in [0.717, 1.165) is 22.3 Å². The number of aryl methyl sites for hydroxylation is 2. The van der Waals surface area contributed by atoms with E-state index in [1.54, 1.807) is 18.2 Å². The second kappa shape index (κ2) is 11.3. The lowest BCUT2D eigenvalue weighted by Crippen LogP contribution is -2.23. The molecular formula is C28H25ClFN3O3. The molecule has 8 heteroatoms. The summed E-state index contributed by atoms with van der Waals surface area (Å²) >= 11 is 6.11. The van der Waals surface area contributed by atoms with Crippen LogP contribution in [-0.4, -0.2) is 27.0 Å². The third-order valence-electron chi connectivity index (χ3n) is 5.77. The number of fused-ring (bicyclic) bond motifs is 1. The Morgan fingerprint density at radius 3 is 2.56 bits per heavy atom. The molecule has 0 unspecified atom stereocenters. The van der Waals surface area contributed by atoms with Gasteiger partial charge in [-0.2, -0.15) is 0 Å². The summed E-state index contributed by atoms with van der Waals surface area (Å²) in [6.45, 7) is 2.27. The van der Waals surface area contributed by atoms with E-state index in [1.165, 1.54) is 18.3 Å². The van der Waals surface area contributed by atoms with E-state index in [4.69, 9.17) is 21.7 Å². The normalized spacial score (nSPS) is 11.0. The van der Waals surface area contributed by atoms with E-state index in [2.05, 4.69) is 10.3 Å². The lowest BCUT2D eigenvalue weighted by Gasteiger charge is -2.12. The van der Waals surface area contributed by atoms with Gasteiger partial charge < -0.3 is 10.4 Å². The number of carbonyl (C=O) groups excluding carboxylic acids is 1. The van der Waals surface area contributed by atoms with E-state index >= 15 is 0 Å². The van der Waals surface area contributed by atoms with Gasteiger partial charge in [0.15, 0.2) is 5.65 Å². The van der Waals surface area contributed by atoms with Gasteiger partial charge in [-0.05, 0) is 91.4 Å². The van der Waals surface area contributed by atoms with E-state index in [1.807, 2.05) is 31.2 Å². The van der Waals surface area contributed by atoms with Crippen LogP contribution >= 0.6 is 11.6 Å². The van der Waals surface area contributed by atoms with Gasteiger partial charge in [-0.25, -0.2) is 14.4 Å². The van der Waals surface area contributed by atoms with Crippen molar-refractivity contribution in [3.63, 3.8) is 0 Å². The third kappa shape index (κ3) is 6.43. The zero-order valence-electron chi connectivity index (χ0n) is 19.7. The van der Waals surface area contributed by atoms with Gasteiger partial charge in [-0.1, -0.05) is 17.7 Å². The van der Waals surface area contributed by atoms with Gasteiger partial charge in [-0.15, -0.1) is 0 Å². The molecule has 0 radical (unpaired) electrons. The van der Waals surface area contributed by atoms with Crippen LogP contribution in [0.4, 0.5) is 4.39 Å². The Hall–Kier alpha value is -3.84. The summed E-state index contributed by atoms with van der Waals surface area (Å²) in [5.41, 5.74) is 5.06. The van der Waals surface area contributed by atoms with Gasteiger partial charge in [-0.3, -0.25) is 9.59 Å². The summed E-state index contributed by atoms with van der Waals surface area (Å²) in [4.78, 5) is 32.8. The fourth-order valence-corrected chi connectivity index (χ4v) is 4.38. The lowest BCUT2D eigenvalue weighted by molar-refractivity contribution is -0.137. The monoisotopic (exact) mass is 505 g/mol. The van der Waals surface area contributed by atoms with Gasteiger partial charge in [0, 0.05) is 35.1 Å². The second-order valence-corrected chi connectivity index (χ2v) is 9.13. The molecule has 36 heavy (non-hydrogen) atoms. The Bertz CT molecular complexity index is 1400. The van der Waals surface area contributed by atoms with E-state index in [9.17, 15) is 14.0 Å². The molecule has 2 N–H and O–H groups in total. The van der Waals surface area contributed by atoms with Crippen molar-refractivity contribution in [2.75, 3.05) is 0 Å². The molecule has 0 aliphatic rings. The lowest BCUT2D eigenvalue weighted by atomic mass is 9.99. The Labute approximate surface area is 213 Å². The van der Waals surface area contributed by atoms with Crippen LogP contribution in [-0.2, 0) is 17.8 Å². The SMILES string of the molecule is Cc1cc(Cl)cc(CNC(=O)c2cnc3nc(-c4ccc(F)cc4)c(CCCCC(=O)O)cc3c2)c1. The molecular weight excluding hydrogens is 481 g/mol. The molecule has 184 valence electrons. The standard InChI is InChI=1S/C28H25ClFN3O3/c1-17-10-18(12-23(29)11-17)15-32-28(36)22-14-21-13-20(4-2-3-5-25(34)35)26(33-27(21)31-16-22)19-6-8-24(30)9-7-19/h6-14,16H,2-5,15H2,1H3,(H,32,36)(H,34,35). The minimum atomic E-state index is -0.835. The highest BCUT2D eigenvalue weighted by Crippen LogP contribution is 2.27. The number of amides is 1. The maximum absolute atomic E-state index is 13.5. The highest BCUT2D eigenvalue weighted by molar-refractivity contribution is 6.30. The van der Waals surface area contributed by atoms with Crippen molar-refractivity contribution in [3.05, 3.63) is 93.9 Å².